The number of carbonyl (C=O) groups is 1. The monoisotopic (exact) mass is 419 g/mol. The van der Waals surface area contributed by atoms with Crippen LogP contribution in [-0.4, -0.2) is 44.0 Å². The van der Waals surface area contributed by atoms with E-state index in [1.165, 1.54) is 11.3 Å². The maximum absolute atomic E-state index is 12.5. The van der Waals surface area contributed by atoms with Gasteiger partial charge in [-0.05, 0) is 26.7 Å². The molecule has 3 aromatic rings. The molecule has 1 amide bonds. The third-order valence-corrected chi connectivity index (χ3v) is 6.17. The summed E-state index contributed by atoms with van der Waals surface area (Å²) in [6, 6.07) is 1.63. The molecule has 0 atom stereocenters. The highest BCUT2D eigenvalue weighted by atomic mass is 35.5. The first kappa shape index (κ1) is 18.8. The Morgan fingerprint density at radius 2 is 2.11 bits per heavy atom. The van der Waals surface area contributed by atoms with Crippen molar-refractivity contribution in [1.82, 2.24) is 25.0 Å². The van der Waals surface area contributed by atoms with Crippen LogP contribution in [0.25, 0.3) is 10.7 Å². The van der Waals surface area contributed by atoms with Crippen LogP contribution in [0.15, 0.2) is 20.9 Å². The van der Waals surface area contributed by atoms with Gasteiger partial charge in [-0.1, -0.05) is 16.8 Å². The topological polar surface area (TPSA) is 105 Å². The Kier molecular flexibility index (Phi) is 5.03. The molecular weight excluding hydrogens is 402 g/mol. The van der Waals surface area contributed by atoms with Gasteiger partial charge in [0.25, 0.3) is 11.5 Å². The molecule has 0 aliphatic carbocycles. The van der Waals surface area contributed by atoms with Crippen LogP contribution >= 0.6 is 22.9 Å². The number of likely N-dealkylation sites (tertiary alicyclic amines) is 1. The maximum Gasteiger partial charge on any atom is 0.276 e. The number of halogens is 1. The Morgan fingerprint density at radius 3 is 2.71 bits per heavy atom. The van der Waals surface area contributed by atoms with Crippen molar-refractivity contribution in [2.45, 2.75) is 32.6 Å². The highest BCUT2D eigenvalue weighted by molar-refractivity contribution is 7.13. The molecule has 28 heavy (non-hydrogen) atoms. The summed E-state index contributed by atoms with van der Waals surface area (Å²) in [5.74, 6) is 0.940. The van der Waals surface area contributed by atoms with Crippen LogP contribution in [0.3, 0.4) is 0 Å². The molecule has 1 fully saturated rings. The first-order valence-corrected chi connectivity index (χ1v) is 10.1. The van der Waals surface area contributed by atoms with Crippen LogP contribution in [0, 0.1) is 13.8 Å². The number of piperidine rings is 1. The number of thiazole rings is 1. The predicted octanol–water partition coefficient (Wildman–Crippen LogP) is 3.17. The van der Waals surface area contributed by atoms with Crippen molar-refractivity contribution < 1.29 is 9.32 Å². The summed E-state index contributed by atoms with van der Waals surface area (Å²) in [5.41, 5.74) is 3.06. The first-order chi connectivity index (χ1) is 13.4. The molecule has 0 saturated carbocycles. The molecular formula is C18H18ClN5O3S. The van der Waals surface area contributed by atoms with Gasteiger partial charge in [-0.25, -0.2) is 9.97 Å². The Labute approximate surface area is 169 Å². The Balaban J connectivity index is 1.55. The van der Waals surface area contributed by atoms with E-state index >= 15 is 0 Å². The third-order valence-electron chi connectivity index (χ3n) is 4.86. The number of rotatable bonds is 3. The lowest BCUT2D eigenvalue weighted by atomic mass is 9.93. The Bertz CT molecular complexity index is 1080. The van der Waals surface area contributed by atoms with Crippen LogP contribution < -0.4 is 5.56 Å². The standard InChI is InChI=1S/C18H18ClN5O3S/c1-9-7-12(23-27-9)18(26)24-5-3-11(4-6-24)14-13(19)17(25)22-16(21-14)15-10(2)20-8-28-15/h7-8,11H,3-6H2,1-2H3,(H,21,22,25). The van der Waals surface area contributed by atoms with Crippen molar-refractivity contribution in [2.75, 3.05) is 13.1 Å². The molecule has 4 heterocycles. The summed E-state index contributed by atoms with van der Waals surface area (Å²) in [4.78, 5) is 39.0. The smallest absolute Gasteiger partial charge is 0.276 e. The van der Waals surface area contributed by atoms with Gasteiger partial charge in [0.15, 0.2) is 11.5 Å². The van der Waals surface area contributed by atoms with Crippen molar-refractivity contribution in [3.63, 3.8) is 0 Å². The van der Waals surface area contributed by atoms with Crippen LogP contribution in [0.5, 0.6) is 0 Å². The lowest BCUT2D eigenvalue weighted by Gasteiger charge is -2.31. The van der Waals surface area contributed by atoms with E-state index in [-0.39, 0.29) is 22.4 Å². The van der Waals surface area contributed by atoms with Gasteiger partial charge >= 0.3 is 0 Å². The zero-order valence-corrected chi connectivity index (χ0v) is 16.9. The van der Waals surface area contributed by atoms with Crippen molar-refractivity contribution in [2.24, 2.45) is 0 Å². The van der Waals surface area contributed by atoms with Gasteiger partial charge in [-0.15, -0.1) is 11.3 Å². The zero-order chi connectivity index (χ0) is 19.8. The van der Waals surface area contributed by atoms with Gasteiger partial charge in [0, 0.05) is 25.1 Å². The van der Waals surface area contributed by atoms with Crippen molar-refractivity contribution in [3.05, 3.63) is 49.8 Å². The number of aromatic amines is 1. The van der Waals surface area contributed by atoms with E-state index in [1.807, 2.05) is 6.92 Å². The maximum atomic E-state index is 12.5. The second-order valence-electron chi connectivity index (χ2n) is 6.77. The van der Waals surface area contributed by atoms with Crippen LogP contribution in [0.4, 0.5) is 0 Å². The third kappa shape index (κ3) is 3.47. The van der Waals surface area contributed by atoms with Crippen molar-refractivity contribution in [3.8, 4) is 10.7 Å². The van der Waals surface area contributed by atoms with Gasteiger partial charge in [-0.2, -0.15) is 0 Å². The molecule has 0 radical (unpaired) electrons. The Morgan fingerprint density at radius 1 is 1.36 bits per heavy atom. The zero-order valence-electron chi connectivity index (χ0n) is 15.4. The van der Waals surface area contributed by atoms with Crippen LogP contribution in [0.1, 0.15) is 46.4 Å². The lowest BCUT2D eigenvalue weighted by molar-refractivity contribution is 0.0701. The van der Waals surface area contributed by atoms with Crippen molar-refractivity contribution in [1.29, 1.82) is 0 Å². The normalized spacial score (nSPS) is 15.2. The molecule has 1 aliphatic rings. The first-order valence-electron chi connectivity index (χ1n) is 8.86. The molecule has 1 N–H and O–H groups in total. The quantitative estimate of drug-likeness (QED) is 0.699. The fraction of sp³-hybridized carbons (Fsp3) is 0.389. The average Bonchev–Trinajstić information content (AvgIpc) is 3.32. The highest BCUT2D eigenvalue weighted by Gasteiger charge is 2.29. The van der Waals surface area contributed by atoms with E-state index in [4.69, 9.17) is 16.1 Å². The molecule has 4 rings (SSSR count). The largest absolute Gasteiger partial charge is 0.361 e. The number of carbonyl (C=O) groups excluding carboxylic acids is 1. The average molecular weight is 420 g/mol. The molecule has 0 aromatic carbocycles. The highest BCUT2D eigenvalue weighted by Crippen LogP contribution is 2.32. The molecule has 0 unspecified atom stereocenters. The second-order valence-corrected chi connectivity index (χ2v) is 8.00. The van der Waals surface area contributed by atoms with Crippen LogP contribution in [-0.2, 0) is 0 Å². The summed E-state index contributed by atoms with van der Waals surface area (Å²) < 4.78 is 4.99. The number of hydrogen-bond acceptors (Lipinski definition) is 7. The van der Waals surface area contributed by atoms with Gasteiger partial charge in [0.1, 0.15) is 10.8 Å². The molecule has 1 aliphatic heterocycles. The molecule has 0 bridgehead atoms. The van der Waals surface area contributed by atoms with E-state index < -0.39 is 0 Å². The molecule has 3 aromatic heterocycles. The van der Waals surface area contributed by atoms with E-state index in [0.717, 1.165) is 10.6 Å². The summed E-state index contributed by atoms with van der Waals surface area (Å²) in [7, 11) is 0. The van der Waals surface area contributed by atoms with Crippen LogP contribution in [0.2, 0.25) is 5.02 Å². The lowest BCUT2D eigenvalue weighted by Crippen LogP contribution is -2.38. The SMILES string of the molecule is Cc1cc(C(=O)N2CCC(c3nc(-c4scnc4C)[nH]c(=O)c3Cl)CC2)no1. The van der Waals surface area contributed by atoms with Crippen molar-refractivity contribution >= 4 is 28.8 Å². The van der Waals surface area contributed by atoms with E-state index in [9.17, 15) is 9.59 Å². The number of aryl methyl sites for hydroxylation is 2. The minimum atomic E-state index is -0.356. The number of aromatic nitrogens is 4. The molecule has 8 nitrogen and oxygen atoms in total. The summed E-state index contributed by atoms with van der Waals surface area (Å²) in [6.45, 7) is 4.69. The molecule has 10 heteroatoms. The van der Waals surface area contributed by atoms with E-state index in [0.29, 0.717) is 48.9 Å². The van der Waals surface area contributed by atoms with Gasteiger partial charge in [0.05, 0.1) is 21.8 Å². The minimum Gasteiger partial charge on any atom is -0.361 e. The number of H-pyrrole nitrogens is 1. The minimum absolute atomic E-state index is 0.00451. The Hall–Kier alpha value is -2.52. The summed E-state index contributed by atoms with van der Waals surface area (Å²) >= 11 is 7.70. The van der Waals surface area contributed by atoms with Gasteiger partial charge in [0.2, 0.25) is 0 Å². The van der Waals surface area contributed by atoms with E-state index in [2.05, 4.69) is 20.1 Å². The molecule has 146 valence electrons. The fourth-order valence-electron chi connectivity index (χ4n) is 3.37. The molecule has 0 spiro atoms. The number of nitrogens with one attached hydrogen (secondary N) is 1. The van der Waals surface area contributed by atoms with Gasteiger partial charge in [-0.3, -0.25) is 9.59 Å². The van der Waals surface area contributed by atoms with E-state index in [1.54, 1.807) is 23.4 Å². The number of amides is 1. The van der Waals surface area contributed by atoms with Gasteiger partial charge < -0.3 is 14.4 Å². The molecule has 1 saturated heterocycles. The summed E-state index contributed by atoms with van der Waals surface area (Å²) in [6.07, 6.45) is 1.33. The predicted molar refractivity (Wildman–Crippen MR) is 105 cm³/mol. The fourth-order valence-corrected chi connectivity index (χ4v) is 4.36. The second kappa shape index (κ2) is 7.48. The summed E-state index contributed by atoms with van der Waals surface area (Å²) in [5, 5.41) is 3.91. The number of nitrogens with zero attached hydrogens (tertiary/aromatic N) is 4. The number of hydrogen-bond donors (Lipinski definition) is 1.